The highest BCUT2D eigenvalue weighted by molar-refractivity contribution is 7.07. The van der Waals surface area contributed by atoms with Crippen LogP contribution < -0.4 is 10.6 Å². The molecule has 0 fully saturated rings. The summed E-state index contributed by atoms with van der Waals surface area (Å²) in [6, 6.07) is 6.08. The molecule has 4 heteroatoms. The van der Waals surface area contributed by atoms with Gasteiger partial charge in [-0.1, -0.05) is 0 Å². The second-order valence-electron chi connectivity index (χ2n) is 3.88. The van der Waals surface area contributed by atoms with Gasteiger partial charge in [0.2, 0.25) is 0 Å². The molecule has 16 heavy (non-hydrogen) atoms. The van der Waals surface area contributed by atoms with Crippen molar-refractivity contribution in [2.24, 2.45) is 0 Å². The van der Waals surface area contributed by atoms with Crippen LogP contribution in [0.4, 0.5) is 11.4 Å². The number of anilines is 2. The first kappa shape index (κ1) is 11.0. The quantitative estimate of drug-likeness (QED) is 0.829. The normalized spacial score (nSPS) is 10.4. The maximum Gasteiger partial charge on any atom is 0.0795 e. The molecule has 0 spiro atoms. The number of aryl methyl sites for hydroxylation is 1. The van der Waals surface area contributed by atoms with E-state index in [1.165, 1.54) is 5.69 Å². The van der Waals surface area contributed by atoms with E-state index >= 15 is 0 Å². The minimum absolute atomic E-state index is 0.826. The Kier molecular flexibility index (Phi) is 3.10. The van der Waals surface area contributed by atoms with Gasteiger partial charge in [-0.15, -0.1) is 11.3 Å². The van der Waals surface area contributed by atoms with Crippen LogP contribution in [0, 0.1) is 6.92 Å². The van der Waals surface area contributed by atoms with Crippen LogP contribution in [0.5, 0.6) is 0 Å². The van der Waals surface area contributed by atoms with Gasteiger partial charge in [0, 0.05) is 23.8 Å². The number of hydrogen-bond donors (Lipinski definition) is 1. The van der Waals surface area contributed by atoms with Gasteiger partial charge in [-0.05, 0) is 30.7 Å². The first-order valence-electron chi connectivity index (χ1n) is 5.11. The van der Waals surface area contributed by atoms with E-state index in [4.69, 9.17) is 5.73 Å². The van der Waals surface area contributed by atoms with Crippen molar-refractivity contribution in [1.29, 1.82) is 0 Å². The van der Waals surface area contributed by atoms with Gasteiger partial charge < -0.3 is 10.6 Å². The minimum atomic E-state index is 0.826. The average molecular weight is 233 g/mol. The minimum Gasteiger partial charge on any atom is -0.399 e. The van der Waals surface area contributed by atoms with Crippen molar-refractivity contribution in [3.63, 3.8) is 0 Å². The molecule has 0 amide bonds. The van der Waals surface area contributed by atoms with Gasteiger partial charge in [0.05, 0.1) is 17.7 Å². The van der Waals surface area contributed by atoms with Gasteiger partial charge in [-0.25, -0.2) is 4.98 Å². The summed E-state index contributed by atoms with van der Waals surface area (Å²) in [5.41, 5.74) is 11.9. The Bertz CT molecular complexity index is 465. The summed E-state index contributed by atoms with van der Waals surface area (Å²) in [6.07, 6.45) is 0. The third-order valence-electron chi connectivity index (χ3n) is 2.58. The van der Waals surface area contributed by atoms with E-state index in [0.29, 0.717) is 0 Å². The van der Waals surface area contributed by atoms with Crippen molar-refractivity contribution in [3.05, 3.63) is 40.3 Å². The van der Waals surface area contributed by atoms with Gasteiger partial charge in [0.15, 0.2) is 0 Å². The van der Waals surface area contributed by atoms with Crippen LogP contribution in [0.25, 0.3) is 0 Å². The topological polar surface area (TPSA) is 42.2 Å². The number of thiazole rings is 1. The number of benzene rings is 1. The summed E-state index contributed by atoms with van der Waals surface area (Å²) in [4.78, 5) is 6.44. The molecular formula is C12H15N3S. The van der Waals surface area contributed by atoms with Crippen molar-refractivity contribution >= 4 is 22.7 Å². The van der Waals surface area contributed by atoms with Gasteiger partial charge >= 0.3 is 0 Å². The molecule has 1 aromatic carbocycles. The Morgan fingerprint density at radius 1 is 1.44 bits per heavy atom. The fourth-order valence-corrected chi connectivity index (χ4v) is 2.10. The van der Waals surface area contributed by atoms with E-state index in [1.54, 1.807) is 11.3 Å². The lowest BCUT2D eigenvalue weighted by molar-refractivity contribution is 0.894. The van der Waals surface area contributed by atoms with Crippen molar-refractivity contribution in [2.75, 3.05) is 17.7 Å². The van der Waals surface area contributed by atoms with Crippen LogP contribution in [0.1, 0.15) is 11.3 Å². The van der Waals surface area contributed by atoms with Gasteiger partial charge in [-0.2, -0.15) is 0 Å². The molecule has 1 heterocycles. The second-order valence-corrected chi connectivity index (χ2v) is 4.60. The highest BCUT2D eigenvalue weighted by Crippen LogP contribution is 2.20. The van der Waals surface area contributed by atoms with E-state index in [-0.39, 0.29) is 0 Å². The van der Waals surface area contributed by atoms with E-state index in [2.05, 4.69) is 28.4 Å². The van der Waals surface area contributed by atoms with Crippen LogP contribution in [-0.2, 0) is 6.54 Å². The first-order chi connectivity index (χ1) is 7.66. The maximum atomic E-state index is 5.80. The number of hydrogen-bond acceptors (Lipinski definition) is 4. The zero-order valence-electron chi connectivity index (χ0n) is 9.47. The summed E-state index contributed by atoms with van der Waals surface area (Å²) in [7, 11) is 2.06. The zero-order valence-corrected chi connectivity index (χ0v) is 10.3. The summed E-state index contributed by atoms with van der Waals surface area (Å²) in [6.45, 7) is 2.85. The molecule has 3 nitrogen and oxygen atoms in total. The number of rotatable bonds is 3. The van der Waals surface area contributed by atoms with E-state index in [0.717, 1.165) is 23.5 Å². The van der Waals surface area contributed by atoms with E-state index in [9.17, 15) is 0 Å². The number of nitrogens with zero attached hydrogens (tertiary/aromatic N) is 2. The summed E-state index contributed by atoms with van der Waals surface area (Å²) >= 11 is 1.62. The third-order valence-corrected chi connectivity index (χ3v) is 3.21. The molecule has 0 unspecified atom stereocenters. The average Bonchev–Trinajstić information content (AvgIpc) is 2.74. The number of nitrogens with two attached hydrogens (primary N) is 1. The van der Waals surface area contributed by atoms with Crippen LogP contribution in [-0.4, -0.2) is 12.0 Å². The molecular weight excluding hydrogens is 218 g/mol. The van der Waals surface area contributed by atoms with E-state index < -0.39 is 0 Å². The molecule has 0 aliphatic heterocycles. The number of aromatic nitrogens is 1. The molecule has 0 radical (unpaired) electrons. The second kappa shape index (κ2) is 4.53. The van der Waals surface area contributed by atoms with Gasteiger partial charge in [0.25, 0.3) is 0 Å². The fourth-order valence-electron chi connectivity index (χ4n) is 1.55. The van der Waals surface area contributed by atoms with Crippen LogP contribution >= 0.6 is 11.3 Å². The predicted molar refractivity (Wildman–Crippen MR) is 69.8 cm³/mol. The lowest BCUT2D eigenvalue weighted by atomic mass is 10.1. The van der Waals surface area contributed by atoms with Crippen LogP contribution in [0.15, 0.2) is 29.1 Å². The first-order valence-corrected chi connectivity index (χ1v) is 6.05. The molecule has 0 saturated heterocycles. The maximum absolute atomic E-state index is 5.80. The molecule has 2 rings (SSSR count). The molecule has 84 valence electrons. The summed E-state index contributed by atoms with van der Waals surface area (Å²) in [5.74, 6) is 0. The summed E-state index contributed by atoms with van der Waals surface area (Å²) in [5, 5.41) is 2.07. The smallest absolute Gasteiger partial charge is 0.0795 e. The SMILES string of the molecule is Cc1cc(N(C)Cc2cscn2)ccc1N. The lowest BCUT2D eigenvalue weighted by Gasteiger charge is -2.19. The van der Waals surface area contributed by atoms with E-state index in [1.807, 2.05) is 24.6 Å². The largest absolute Gasteiger partial charge is 0.399 e. The lowest BCUT2D eigenvalue weighted by Crippen LogP contribution is -2.16. The highest BCUT2D eigenvalue weighted by Gasteiger charge is 2.04. The molecule has 2 aromatic rings. The molecule has 1 aromatic heterocycles. The monoisotopic (exact) mass is 233 g/mol. The molecule has 0 saturated carbocycles. The Morgan fingerprint density at radius 3 is 2.88 bits per heavy atom. The highest BCUT2D eigenvalue weighted by atomic mass is 32.1. The third kappa shape index (κ3) is 2.33. The van der Waals surface area contributed by atoms with Crippen molar-refractivity contribution in [2.45, 2.75) is 13.5 Å². The molecule has 0 atom stereocenters. The van der Waals surface area contributed by atoms with Crippen molar-refractivity contribution < 1.29 is 0 Å². The zero-order chi connectivity index (χ0) is 11.5. The molecule has 0 aliphatic carbocycles. The molecule has 0 bridgehead atoms. The number of nitrogen functional groups attached to an aromatic ring is 1. The van der Waals surface area contributed by atoms with Crippen LogP contribution in [0.3, 0.4) is 0 Å². The van der Waals surface area contributed by atoms with Gasteiger partial charge in [-0.3, -0.25) is 0 Å². The Balaban J connectivity index is 2.14. The fraction of sp³-hybridized carbons (Fsp3) is 0.250. The van der Waals surface area contributed by atoms with Crippen LogP contribution in [0.2, 0.25) is 0 Å². The van der Waals surface area contributed by atoms with Crippen molar-refractivity contribution in [1.82, 2.24) is 4.98 Å². The predicted octanol–water partition coefficient (Wildman–Crippen LogP) is 2.67. The van der Waals surface area contributed by atoms with Crippen molar-refractivity contribution in [3.8, 4) is 0 Å². The Labute approximate surface area is 99.5 Å². The Hall–Kier alpha value is -1.55. The molecule has 2 N–H and O–H groups in total. The Morgan fingerprint density at radius 2 is 2.25 bits per heavy atom. The standard InChI is InChI=1S/C12H15N3S/c1-9-5-11(3-4-12(9)13)15(2)6-10-7-16-8-14-10/h3-5,7-8H,6,13H2,1-2H3. The molecule has 0 aliphatic rings. The van der Waals surface area contributed by atoms with Gasteiger partial charge in [0.1, 0.15) is 0 Å². The summed E-state index contributed by atoms with van der Waals surface area (Å²) < 4.78 is 0.